The molecular formula is C24H33ClN2O4. The molecule has 6 nitrogen and oxygen atoms in total. The van der Waals surface area contributed by atoms with Crippen molar-refractivity contribution in [3.05, 3.63) is 46.0 Å². The molecule has 1 aliphatic rings. The Morgan fingerprint density at radius 3 is 2.26 bits per heavy atom. The normalized spacial score (nSPS) is 15.5. The van der Waals surface area contributed by atoms with Crippen molar-refractivity contribution >= 4 is 11.6 Å². The van der Waals surface area contributed by atoms with E-state index in [4.69, 9.17) is 30.5 Å². The van der Waals surface area contributed by atoms with Crippen molar-refractivity contribution in [2.24, 2.45) is 0 Å². The van der Waals surface area contributed by atoms with E-state index in [9.17, 15) is 0 Å². The number of likely N-dealkylation sites (N-methyl/N-ethyl adjacent to an activating group) is 1. The molecule has 0 saturated carbocycles. The molecule has 0 fully saturated rings. The van der Waals surface area contributed by atoms with E-state index < -0.39 is 0 Å². The summed E-state index contributed by atoms with van der Waals surface area (Å²) in [6.45, 7) is 8.65. The van der Waals surface area contributed by atoms with Gasteiger partial charge in [-0.3, -0.25) is 0 Å². The van der Waals surface area contributed by atoms with E-state index in [1.165, 1.54) is 5.56 Å². The number of rotatable bonds is 10. The fourth-order valence-electron chi connectivity index (χ4n) is 4.05. The number of hydrogen-bond acceptors (Lipinski definition) is 6. The predicted octanol–water partition coefficient (Wildman–Crippen LogP) is 4.32. The molecule has 0 saturated heterocycles. The van der Waals surface area contributed by atoms with Gasteiger partial charge >= 0.3 is 0 Å². The lowest BCUT2D eigenvalue weighted by Gasteiger charge is -2.30. The molecule has 1 atom stereocenters. The molecule has 0 spiro atoms. The van der Waals surface area contributed by atoms with Crippen LogP contribution in [0.1, 0.15) is 36.6 Å². The van der Waals surface area contributed by atoms with Crippen LogP contribution in [0.3, 0.4) is 0 Å². The summed E-state index contributed by atoms with van der Waals surface area (Å²) in [5, 5.41) is 4.16. The third-order valence-corrected chi connectivity index (χ3v) is 6.15. The van der Waals surface area contributed by atoms with Crippen molar-refractivity contribution in [2.75, 3.05) is 54.1 Å². The zero-order valence-corrected chi connectivity index (χ0v) is 19.8. The van der Waals surface area contributed by atoms with E-state index >= 15 is 0 Å². The fraction of sp³-hybridized carbons (Fsp3) is 0.500. The lowest BCUT2D eigenvalue weighted by atomic mass is 9.89. The minimum Gasteiger partial charge on any atom is -0.496 e. The molecule has 1 aliphatic heterocycles. The monoisotopic (exact) mass is 448 g/mol. The number of hydrogen-bond donors (Lipinski definition) is 1. The summed E-state index contributed by atoms with van der Waals surface area (Å²) in [7, 11) is 4.94. The van der Waals surface area contributed by atoms with Crippen molar-refractivity contribution in [2.45, 2.75) is 26.3 Å². The fourth-order valence-corrected chi connectivity index (χ4v) is 4.30. The van der Waals surface area contributed by atoms with Gasteiger partial charge in [0.1, 0.15) is 18.1 Å². The molecule has 170 valence electrons. The molecule has 1 heterocycles. The largest absolute Gasteiger partial charge is 0.496 e. The molecule has 0 amide bonds. The van der Waals surface area contributed by atoms with Crippen LogP contribution in [-0.4, -0.2) is 59.0 Å². The van der Waals surface area contributed by atoms with Gasteiger partial charge in [-0.1, -0.05) is 25.4 Å². The Balaban J connectivity index is 1.96. The molecule has 0 aliphatic carbocycles. The molecule has 31 heavy (non-hydrogen) atoms. The zero-order chi connectivity index (χ0) is 22.4. The summed E-state index contributed by atoms with van der Waals surface area (Å²) >= 11 is 6.45. The van der Waals surface area contributed by atoms with E-state index in [1.54, 1.807) is 21.3 Å². The van der Waals surface area contributed by atoms with Crippen molar-refractivity contribution < 1.29 is 18.9 Å². The van der Waals surface area contributed by atoms with Gasteiger partial charge < -0.3 is 29.2 Å². The first kappa shape index (κ1) is 23.5. The van der Waals surface area contributed by atoms with E-state index in [-0.39, 0.29) is 6.04 Å². The van der Waals surface area contributed by atoms with E-state index in [0.717, 1.165) is 61.0 Å². The summed E-state index contributed by atoms with van der Waals surface area (Å²) in [6, 6.07) is 7.85. The Morgan fingerprint density at radius 2 is 1.61 bits per heavy atom. The highest BCUT2D eigenvalue weighted by Crippen LogP contribution is 2.42. The van der Waals surface area contributed by atoms with Crippen LogP contribution in [-0.2, 0) is 6.42 Å². The van der Waals surface area contributed by atoms with Gasteiger partial charge in [0.2, 0.25) is 0 Å². The lowest BCUT2D eigenvalue weighted by Crippen LogP contribution is -2.31. The van der Waals surface area contributed by atoms with Crippen LogP contribution >= 0.6 is 11.6 Å². The molecule has 0 bridgehead atoms. The number of halogens is 1. The molecule has 1 N–H and O–H groups in total. The first-order chi connectivity index (χ1) is 15.1. The molecule has 1 unspecified atom stereocenters. The van der Waals surface area contributed by atoms with E-state index in [0.29, 0.717) is 17.4 Å². The summed E-state index contributed by atoms with van der Waals surface area (Å²) in [5.74, 6) is 2.83. The summed E-state index contributed by atoms with van der Waals surface area (Å²) in [4.78, 5) is 2.33. The highest BCUT2D eigenvalue weighted by molar-refractivity contribution is 6.32. The van der Waals surface area contributed by atoms with Crippen molar-refractivity contribution in [1.82, 2.24) is 10.2 Å². The van der Waals surface area contributed by atoms with Crippen molar-refractivity contribution in [3.63, 3.8) is 0 Å². The number of fused-ring (bicyclic) bond motifs is 1. The van der Waals surface area contributed by atoms with Crippen LogP contribution in [0, 0.1) is 0 Å². The SMILES string of the molecule is CCN(CC)CCOc1cc2c(cc1OC)CCNC2c1cc(Cl)c(OC)cc1OC. The quantitative estimate of drug-likeness (QED) is 0.584. The van der Waals surface area contributed by atoms with Gasteiger partial charge in [0.15, 0.2) is 11.5 Å². The maximum atomic E-state index is 6.45. The van der Waals surface area contributed by atoms with Gasteiger partial charge in [-0.25, -0.2) is 0 Å². The predicted molar refractivity (Wildman–Crippen MR) is 124 cm³/mol. The van der Waals surface area contributed by atoms with Crippen LogP contribution in [0.25, 0.3) is 0 Å². The molecular weight excluding hydrogens is 416 g/mol. The summed E-state index contributed by atoms with van der Waals surface area (Å²) in [6.07, 6.45) is 0.911. The first-order valence-electron chi connectivity index (χ1n) is 10.8. The summed E-state index contributed by atoms with van der Waals surface area (Å²) < 4.78 is 22.8. The topological polar surface area (TPSA) is 52.2 Å². The average molecular weight is 449 g/mol. The molecule has 7 heteroatoms. The number of nitrogens with zero attached hydrogens (tertiary/aromatic N) is 1. The van der Waals surface area contributed by atoms with Crippen molar-refractivity contribution in [3.8, 4) is 23.0 Å². The standard InChI is InChI=1S/C24H33ClN2O4/c1-6-27(7-2)10-11-31-23-14-17-16(12-22(23)30-5)8-9-26-24(17)18-13-19(25)21(29-4)15-20(18)28-3/h12-15,24,26H,6-11H2,1-5H3. The summed E-state index contributed by atoms with van der Waals surface area (Å²) in [5.41, 5.74) is 3.34. The third kappa shape index (κ3) is 5.20. The number of methoxy groups -OCH3 is 3. The van der Waals surface area contributed by atoms with Gasteiger partial charge in [-0.2, -0.15) is 0 Å². The number of ether oxygens (including phenoxy) is 4. The van der Waals surface area contributed by atoms with Crippen LogP contribution in [0.5, 0.6) is 23.0 Å². The minimum absolute atomic E-state index is 0.0712. The zero-order valence-electron chi connectivity index (χ0n) is 19.1. The minimum atomic E-state index is -0.0712. The lowest BCUT2D eigenvalue weighted by molar-refractivity contribution is 0.217. The smallest absolute Gasteiger partial charge is 0.161 e. The Bertz CT molecular complexity index is 886. The highest BCUT2D eigenvalue weighted by atomic mass is 35.5. The third-order valence-electron chi connectivity index (χ3n) is 5.85. The molecule has 2 aromatic carbocycles. The second-order valence-corrected chi connectivity index (χ2v) is 7.85. The van der Waals surface area contributed by atoms with Crippen molar-refractivity contribution in [1.29, 1.82) is 0 Å². The van der Waals surface area contributed by atoms with Crippen LogP contribution in [0.4, 0.5) is 0 Å². The van der Waals surface area contributed by atoms with E-state index in [2.05, 4.69) is 36.2 Å². The number of benzene rings is 2. The van der Waals surface area contributed by atoms with Crippen LogP contribution in [0.15, 0.2) is 24.3 Å². The van der Waals surface area contributed by atoms with E-state index in [1.807, 2.05) is 12.1 Å². The highest BCUT2D eigenvalue weighted by Gasteiger charge is 2.27. The van der Waals surface area contributed by atoms with Gasteiger partial charge in [0, 0.05) is 24.7 Å². The van der Waals surface area contributed by atoms with Crippen LogP contribution in [0.2, 0.25) is 5.02 Å². The number of nitrogens with one attached hydrogen (secondary N) is 1. The molecule has 2 aromatic rings. The van der Waals surface area contributed by atoms with Gasteiger partial charge in [-0.15, -0.1) is 0 Å². The Morgan fingerprint density at radius 1 is 0.903 bits per heavy atom. The second kappa shape index (κ2) is 10.9. The van der Waals surface area contributed by atoms with Gasteiger partial charge in [-0.05, 0) is 48.8 Å². The van der Waals surface area contributed by atoms with Crippen LogP contribution < -0.4 is 24.3 Å². The molecule has 3 rings (SSSR count). The maximum Gasteiger partial charge on any atom is 0.161 e. The second-order valence-electron chi connectivity index (χ2n) is 7.44. The molecule has 0 radical (unpaired) electrons. The molecule has 0 aromatic heterocycles. The maximum absolute atomic E-state index is 6.45. The van der Waals surface area contributed by atoms with Gasteiger partial charge in [0.25, 0.3) is 0 Å². The first-order valence-corrected chi connectivity index (χ1v) is 11.1. The Kier molecular flexibility index (Phi) is 8.29. The Hall–Kier alpha value is -2.15. The Labute approximate surface area is 190 Å². The van der Waals surface area contributed by atoms with Gasteiger partial charge in [0.05, 0.1) is 32.4 Å². The average Bonchev–Trinajstić information content (AvgIpc) is 2.80.